The van der Waals surface area contributed by atoms with Crippen LogP contribution in [-0.4, -0.2) is 16.3 Å². The lowest BCUT2D eigenvalue weighted by Crippen LogP contribution is -2.27. The molecule has 134 valence electrons. The molecule has 0 aliphatic rings. The van der Waals surface area contributed by atoms with Crippen molar-refractivity contribution in [3.63, 3.8) is 0 Å². The molecule has 0 heterocycles. The van der Waals surface area contributed by atoms with Crippen LogP contribution in [0.1, 0.15) is 84.0 Å². The van der Waals surface area contributed by atoms with Crippen molar-refractivity contribution in [1.82, 2.24) is 0 Å². The van der Waals surface area contributed by atoms with Gasteiger partial charge in [0.15, 0.2) is 0 Å². The third-order valence-corrected chi connectivity index (χ3v) is 4.13. The Balaban J connectivity index is 0.00000484. The van der Waals surface area contributed by atoms with Gasteiger partial charge in [0, 0.05) is 0 Å². The summed E-state index contributed by atoms with van der Waals surface area (Å²) in [7, 11) is 0. The molecule has 0 fully saturated rings. The van der Waals surface area contributed by atoms with E-state index in [0.717, 1.165) is 23.1 Å². The molecule has 4 N–H and O–H groups in total. The summed E-state index contributed by atoms with van der Waals surface area (Å²) in [5.41, 5.74) is 8.56. The van der Waals surface area contributed by atoms with Crippen LogP contribution in [0.15, 0.2) is 12.1 Å². The minimum Gasteiger partial charge on any atom is -0.507 e. The second-order valence-corrected chi connectivity index (χ2v) is 8.35. The minimum absolute atomic E-state index is 0. The number of benzene rings is 1. The molecule has 0 unspecified atom stereocenters. The molecule has 0 radical (unpaired) electrons. The van der Waals surface area contributed by atoms with Crippen LogP contribution in [0.4, 0.5) is 0 Å². The van der Waals surface area contributed by atoms with Crippen LogP contribution in [0.5, 0.6) is 5.75 Å². The quantitative estimate of drug-likeness (QED) is 0.750. The molecule has 0 aromatic heterocycles. The van der Waals surface area contributed by atoms with Gasteiger partial charge in [0.25, 0.3) is 0 Å². The number of halogens is 1. The average molecular weight is 344 g/mol. The SMILES string of the molecule is CCC[C@H](O)[C@H](N)c1cc(C(C)(C)C)c(O)c(C(C)(C)C)c1.Cl. The summed E-state index contributed by atoms with van der Waals surface area (Å²) < 4.78 is 0. The molecule has 0 bridgehead atoms. The molecule has 0 saturated carbocycles. The second-order valence-electron chi connectivity index (χ2n) is 8.35. The summed E-state index contributed by atoms with van der Waals surface area (Å²) in [6.45, 7) is 14.5. The zero-order valence-electron chi connectivity index (χ0n) is 15.6. The lowest BCUT2D eigenvalue weighted by molar-refractivity contribution is 0.134. The maximum atomic E-state index is 10.7. The fourth-order valence-corrected chi connectivity index (χ4v) is 2.69. The molecular formula is C19H34ClNO2. The Labute approximate surface area is 147 Å². The molecule has 1 aromatic carbocycles. The van der Waals surface area contributed by atoms with Crippen molar-refractivity contribution in [3.05, 3.63) is 28.8 Å². The van der Waals surface area contributed by atoms with E-state index in [2.05, 4.69) is 41.5 Å². The molecule has 0 spiro atoms. The largest absolute Gasteiger partial charge is 0.507 e. The van der Waals surface area contributed by atoms with Crippen molar-refractivity contribution in [2.45, 2.75) is 84.3 Å². The number of nitrogens with two attached hydrogens (primary N) is 1. The third kappa shape index (κ3) is 5.37. The fraction of sp³-hybridized carbons (Fsp3) is 0.684. The highest BCUT2D eigenvalue weighted by Crippen LogP contribution is 2.41. The van der Waals surface area contributed by atoms with E-state index < -0.39 is 12.1 Å². The van der Waals surface area contributed by atoms with Gasteiger partial charge in [-0.3, -0.25) is 0 Å². The molecular weight excluding hydrogens is 310 g/mol. The van der Waals surface area contributed by atoms with E-state index in [4.69, 9.17) is 5.73 Å². The van der Waals surface area contributed by atoms with Gasteiger partial charge in [0.2, 0.25) is 0 Å². The monoisotopic (exact) mass is 343 g/mol. The zero-order valence-corrected chi connectivity index (χ0v) is 16.4. The maximum Gasteiger partial charge on any atom is 0.123 e. The van der Waals surface area contributed by atoms with Crippen molar-refractivity contribution in [3.8, 4) is 5.75 Å². The van der Waals surface area contributed by atoms with Gasteiger partial charge in [-0.15, -0.1) is 12.4 Å². The van der Waals surface area contributed by atoms with E-state index in [1.165, 1.54) is 0 Å². The third-order valence-electron chi connectivity index (χ3n) is 4.13. The molecule has 0 amide bonds. The number of aliphatic hydroxyl groups excluding tert-OH is 1. The second kappa shape index (κ2) is 7.87. The van der Waals surface area contributed by atoms with Crippen LogP contribution in [0.3, 0.4) is 0 Å². The Morgan fingerprint density at radius 2 is 1.39 bits per heavy atom. The first-order valence-corrected chi connectivity index (χ1v) is 8.21. The van der Waals surface area contributed by atoms with Crippen LogP contribution in [0, 0.1) is 0 Å². The number of hydrogen-bond donors (Lipinski definition) is 3. The van der Waals surface area contributed by atoms with Gasteiger partial charge >= 0.3 is 0 Å². The predicted molar refractivity (Wildman–Crippen MR) is 101 cm³/mol. The average Bonchev–Trinajstić information content (AvgIpc) is 2.35. The van der Waals surface area contributed by atoms with E-state index in [9.17, 15) is 10.2 Å². The Kier molecular flexibility index (Phi) is 7.60. The fourth-order valence-electron chi connectivity index (χ4n) is 2.69. The molecule has 0 aliphatic heterocycles. The van der Waals surface area contributed by atoms with Crippen LogP contribution in [0.25, 0.3) is 0 Å². The van der Waals surface area contributed by atoms with Crippen LogP contribution < -0.4 is 5.73 Å². The highest BCUT2D eigenvalue weighted by atomic mass is 35.5. The number of aromatic hydroxyl groups is 1. The van der Waals surface area contributed by atoms with Crippen LogP contribution >= 0.6 is 12.4 Å². The van der Waals surface area contributed by atoms with Crippen molar-refractivity contribution in [2.75, 3.05) is 0 Å². The number of aliphatic hydroxyl groups is 1. The van der Waals surface area contributed by atoms with Crippen LogP contribution in [0.2, 0.25) is 0 Å². The zero-order chi connectivity index (χ0) is 17.3. The number of phenols is 1. The van der Waals surface area contributed by atoms with Crippen molar-refractivity contribution in [2.24, 2.45) is 5.73 Å². The Hall–Kier alpha value is -0.770. The van der Waals surface area contributed by atoms with Gasteiger partial charge < -0.3 is 15.9 Å². The molecule has 23 heavy (non-hydrogen) atoms. The predicted octanol–water partition coefficient (Wildman–Crippen LogP) is 4.57. The van der Waals surface area contributed by atoms with E-state index in [1.54, 1.807) is 0 Å². The summed E-state index contributed by atoms with van der Waals surface area (Å²) in [4.78, 5) is 0. The molecule has 0 saturated heterocycles. The lowest BCUT2D eigenvalue weighted by atomic mass is 9.77. The van der Waals surface area contributed by atoms with Gasteiger partial charge in [-0.25, -0.2) is 0 Å². The first-order valence-electron chi connectivity index (χ1n) is 8.21. The van der Waals surface area contributed by atoms with E-state index in [1.807, 2.05) is 19.1 Å². The topological polar surface area (TPSA) is 66.5 Å². The van der Waals surface area contributed by atoms with Crippen molar-refractivity contribution in [1.29, 1.82) is 0 Å². The maximum absolute atomic E-state index is 10.7. The Morgan fingerprint density at radius 1 is 1.00 bits per heavy atom. The van der Waals surface area contributed by atoms with Gasteiger partial charge in [-0.05, 0) is 46.1 Å². The Morgan fingerprint density at radius 3 is 1.70 bits per heavy atom. The smallest absolute Gasteiger partial charge is 0.123 e. The van der Waals surface area contributed by atoms with Gasteiger partial charge in [-0.1, -0.05) is 54.9 Å². The first-order chi connectivity index (χ1) is 9.89. The summed E-state index contributed by atoms with van der Waals surface area (Å²) in [5, 5.41) is 20.9. The number of rotatable bonds is 4. The van der Waals surface area contributed by atoms with Crippen molar-refractivity contribution >= 4 is 12.4 Å². The minimum atomic E-state index is -0.560. The molecule has 3 nitrogen and oxygen atoms in total. The van der Waals surface area contributed by atoms with E-state index >= 15 is 0 Å². The highest BCUT2D eigenvalue weighted by Gasteiger charge is 2.28. The summed E-state index contributed by atoms with van der Waals surface area (Å²) in [6.07, 6.45) is 1.01. The number of phenolic OH excluding ortho intramolecular Hbond substituents is 1. The van der Waals surface area contributed by atoms with Gasteiger partial charge in [0.05, 0.1) is 12.1 Å². The highest BCUT2D eigenvalue weighted by molar-refractivity contribution is 5.85. The summed E-state index contributed by atoms with van der Waals surface area (Å²) in [5.74, 6) is 0.348. The van der Waals surface area contributed by atoms with E-state index in [-0.39, 0.29) is 23.2 Å². The lowest BCUT2D eigenvalue weighted by Gasteiger charge is -2.30. The molecule has 4 heteroatoms. The summed E-state index contributed by atoms with van der Waals surface area (Å²) >= 11 is 0. The molecule has 1 rings (SSSR count). The summed E-state index contributed by atoms with van der Waals surface area (Å²) in [6, 6.07) is 3.48. The molecule has 2 atom stereocenters. The molecule has 0 aliphatic carbocycles. The standard InChI is InChI=1S/C19H33NO2.ClH/c1-8-9-15(21)16(20)12-10-13(18(2,3)4)17(22)14(11-12)19(5,6)7;/h10-11,15-16,21-22H,8-9,20H2,1-7H3;1H/t15-,16+;/m0./s1. The Bertz CT molecular complexity index is 480. The first kappa shape index (κ1) is 22.2. The normalized spacial score (nSPS) is 15.0. The van der Waals surface area contributed by atoms with Gasteiger partial charge in [-0.2, -0.15) is 0 Å². The van der Waals surface area contributed by atoms with Crippen LogP contribution in [-0.2, 0) is 10.8 Å². The number of hydrogen-bond acceptors (Lipinski definition) is 3. The van der Waals surface area contributed by atoms with E-state index in [0.29, 0.717) is 12.2 Å². The van der Waals surface area contributed by atoms with Crippen molar-refractivity contribution < 1.29 is 10.2 Å². The van der Waals surface area contributed by atoms with Gasteiger partial charge in [0.1, 0.15) is 5.75 Å². The molecule has 1 aromatic rings.